The molecule has 0 bridgehead atoms. The molecule has 6 nitrogen and oxygen atoms in total. The van der Waals surface area contributed by atoms with Gasteiger partial charge >= 0.3 is 0 Å². The van der Waals surface area contributed by atoms with Crippen LogP contribution >= 0.6 is 11.8 Å². The van der Waals surface area contributed by atoms with Crippen molar-refractivity contribution in [2.75, 3.05) is 18.1 Å². The highest BCUT2D eigenvalue weighted by Gasteiger charge is 2.26. The fourth-order valence-electron chi connectivity index (χ4n) is 3.26. The van der Waals surface area contributed by atoms with Crippen LogP contribution in [0.5, 0.6) is 5.75 Å². The molecule has 2 fully saturated rings. The molecule has 0 unspecified atom stereocenters. The Bertz CT molecular complexity index is 868. The van der Waals surface area contributed by atoms with Crippen LogP contribution in [0.2, 0.25) is 0 Å². The van der Waals surface area contributed by atoms with Crippen molar-refractivity contribution in [3.8, 4) is 5.75 Å². The number of carbonyl (C=O) groups excluding carboxylic acids is 2. The number of imide groups is 1. The summed E-state index contributed by atoms with van der Waals surface area (Å²) < 4.78 is 5.98. The summed E-state index contributed by atoms with van der Waals surface area (Å²) in [4.78, 5) is 30.0. The van der Waals surface area contributed by atoms with E-state index in [4.69, 9.17) is 4.74 Å². The van der Waals surface area contributed by atoms with Crippen LogP contribution in [-0.2, 0) is 4.79 Å². The van der Waals surface area contributed by atoms with Crippen molar-refractivity contribution in [2.24, 2.45) is 0 Å². The molecule has 7 heteroatoms. The number of nitrogens with zero attached hydrogens (tertiary/aromatic N) is 2. The predicted octanol–water partition coefficient (Wildman–Crippen LogP) is 3.45. The van der Waals surface area contributed by atoms with E-state index in [0.717, 1.165) is 48.3 Å². The maximum absolute atomic E-state index is 11.6. The molecule has 138 valence electrons. The molecule has 2 saturated heterocycles. The summed E-state index contributed by atoms with van der Waals surface area (Å²) in [5.74, 6) is 1.43. The molecule has 1 N–H and O–H groups in total. The molecular weight excluding hydrogens is 362 g/mol. The third kappa shape index (κ3) is 4.14. The number of nitrogens with one attached hydrogen (secondary N) is 1. The quantitative estimate of drug-likeness (QED) is 0.800. The van der Waals surface area contributed by atoms with E-state index in [1.165, 1.54) is 0 Å². The van der Waals surface area contributed by atoms with E-state index in [0.29, 0.717) is 17.6 Å². The van der Waals surface area contributed by atoms with Gasteiger partial charge in [-0.15, -0.1) is 0 Å². The maximum atomic E-state index is 11.6. The van der Waals surface area contributed by atoms with Crippen LogP contribution in [0.4, 0.5) is 10.6 Å². The first kappa shape index (κ1) is 17.6. The predicted molar refractivity (Wildman–Crippen MR) is 106 cm³/mol. The van der Waals surface area contributed by atoms with Gasteiger partial charge in [0.15, 0.2) is 0 Å². The smallest absolute Gasteiger partial charge is 0.290 e. The summed E-state index contributed by atoms with van der Waals surface area (Å²) in [5.41, 5.74) is 0.852. The van der Waals surface area contributed by atoms with Crippen LogP contribution in [0.3, 0.4) is 0 Å². The molecule has 0 aliphatic carbocycles. The minimum absolute atomic E-state index is 0.311. The van der Waals surface area contributed by atoms with E-state index in [-0.39, 0.29) is 11.1 Å². The zero-order valence-electron chi connectivity index (χ0n) is 14.6. The van der Waals surface area contributed by atoms with E-state index in [9.17, 15) is 9.59 Å². The molecule has 1 aromatic carbocycles. The second-order valence-electron chi connectivity index (χ2n) is 6.41. The number of anilines is 1. The first-order valence-electron chi connectivity index (χ1n) is 8.84. The highest BCUT2D eigenvalue weighted by molar-refractivity contribution is 8.18. The van der Waals surface area contributed by atoms with Crippen molar-refractivity contribution in [1.82, 2.24) is 10.3 Å². The Hall–Kier alpha value is -2.80. The number of ether oxygens (including phenoxy) is 1. The average Bonchev–Trinajstić information content (AvgIpc) is 3.28. The van der Waals surface area contributed by atoms with Gasteiger partial charge in [-0.2, -0.15) is 0 Å². The minimum atomic E-state index is -0.346. The molecule has 2 aliphatic heterocycles. The van der Waals surface area contributed by atoms with Crippen molar-refractivity contribution < 1.29 is 14.3 Å². The third-order valence-corrected chi connectivity index (χ3v) is 5.39. The van der Waals surface area contributed by atoms with E-state index >= 15 is 0 Å². The molecule has 27 heavy (non-hydrogen) atoms. The molecule has 0 spiro atoms. The number of carbonyl (C=O) groups is 2. The van der Waals surface area contributed by atoms with Crippen molar-refractivity contribution >= 4 is 34.8 Å². The number of rotatable bonds is 5. The van der Waals surface area contributed by atoms with Gasteiger partial charge in [-0.25, -0.2) is 4.98 Å². The van der Waals surface area contributed by atoms with Gasteiger partial charge in [0.25, 0.3) is 11.1 Å². The summed E-state index contributed by atoms with van der Waals surface area (Å²) >= 11 is 0.917. The number of benzene rings is 1. The first-order chi connectivity index (χ1) is 13.2. The van der Waals surface area contributed by atoms with Crippen LogP contribution in [0.25, 0.3) is 6.08 Å². The fraction of sp³-hybridized carbons (Fsp3) is 0.250. The Morgan fingerprint density at radius 3 is 2.78 bits per heavy atom. The van der Waals surface area contributed by atoms with Gasteiger partial charge in [0.1, 0.15) is 18.2 Å². The lowest BCUT2D eigenvalue weighted by molar-refractivity contribution is -0.115. The SMILES string of the molecule is O=C1NC(=O)/C(=C/c2ccc(OC[C@@H]3CCCN3c3ccccn3)cc2)S1. The Morgan fingerprint density at radius 1 is 1.22 bits per heavy atom. The molecule has 2 aromatic rings. The van der Waals surface area contributed by atoms with Crippen LogP contribution in [0.15, 0.2) is 53.6 Å². The molecular formula is C20H19N3O3S. The molecule has 0 radical (unpaired) electrons. The summed E-state index contributed by atoms with van der Waals surface area (Å²) in [6.45, 7) is 1.60. The number of pyridine rings is 1. The van der Waals surface area contributed by atoms with Crippen molar-refractivity contribution in [2.45, 2.75) is 18.9 Å². The van der Waals surface area contributed by atoms with E-state index in [2.05, 4.69) is 15.2 Å². The zero-order valence-corrected chi connectivity index (χ0v) is 15.4. The Balaban J connectivity index is 1.37. The lowest BCUT2D eigenvalue weighted by Crippen LogP contribution is -2.34. The molecule has 3 heterocycles. The van der Waals surface area contributed by atoms with Gasteiger partial charge in [-0.1, -0.05) is 18.2 Å². The van der Waals surface area contributed by atoms with Gasteiger partial charge < -0.3 is 9.64 Å². The van der Waals surface area contributed by atoms with Crippen molar-refractivity contribution in [3.05, 3.63) is 59.1 Å². The standard InChI is InChI=1S/C20H19N3O3S/c24-19-17(27-20(25)22-19)12-14-6-8-16(9-7-14)26-13-15-4-3-11-23(15)18-5-1-2-10-21-18/h1-2,5-10,12,15H,3-4,11,13H2,(H,22,24,25)/b17-12-/t15-/m0/s1. The van der Waals surface area contributed by atoms with Crippen LogP contribution in [-0.4, -0.2) is 35.3 Å². The second kappa shape index (κ2) is 7.84. The van der Waals surface area contributed by atoms with E-state index in [1.54, 1.807) is 6.08 Å². The van der Waals surface area contributed by atoms with Gasteiger partial charge in [0, 0.05) is 12.7 Å². The molecule has 0 saturated carbocycles. The van der Waals surface area contributed by atoms with E-state index < -0.39 is 0 Å². The topological polar surface area (TPSA) is 71.5 Å². The minimum Gasteiger partial charge on any atom is -0.491 e. The lowest BCUT2D eigenvalue weighted by Gasteiger charge is -2.25. The van der Waals surface area contributed by atoms with Gasteiger partial charge in [0.2, 0.25) is 0 Å². The number of amides is 2. The first-order valence-corrected chi connectivity index (χ1v) is 9.66. The van der Waals surface area contributed by atoms with E-state index in [1.807, 2.05) is 48.7 Å². The highest BCUT2D eigenvalue weighted by Crippen LogP contribution is 2.27. The molecule has 2 aliphatic rings. The average molecular weight is 381 g/mol. The number of hydrogen-bond acceptors (Lipinski definition) is 6. The van der Waals surface area contributed by atoms with Crippen LogP contribution in [0.1, 0.15) is 18.4 Å². The highest BCUT2D eigenvalue weighted by atomic mass is 32.2. The monoisotopic (exact) mass is 381 g/mol. The Labute approximate surface area is 161 Å². The molecule has 1 aromatic heterocycles. The van der Waals surface area contributed by atoms with Gasteiger partial charge in [-0.05, 0) is 60.5 Å². The second-order valence-corrected chi connectivity index (χ2v) is 7.42. The molecule has 4 rings (SSSR count). The van der Waals surface area contributed by atoms with Crippen molar-refractivity contribution in [3.63, 3.8) is 0 Å². The lowest BCUT2D eigenvalue weighted by atomic mass is 10.2. The summed E-state index contributed by atoms with van der Waals surface area (Å²) in [7, 11) is 0. The summed E-state index contributed by atoms with van der Waals surface area (Å²) in [6, 6.07) is 13.8. The zero-order chi connectivity index (χ0) is 18.6. The van der Waals surface area contributed by atoms with Crippen molar-refractivity contribution in [1.29, 1.82) is 0 Å². The number of aromatic nitrogens is 1. The molecule has 2 amide bonds. The normalized spacial score (nSPS) is 21.0. The summed E-state index contributed by atoms with van der Waals surface area (Å²) in [5, 5.41) is 1.92. The maximum Gasteiger partial charge on any atom is 0.290 e. The van der Waals surface area contributed by atoms with Gasteiger partial charge in [-0.3, -0.25) is 14.9 Å². The Kier molecular flexibility index (Phi) is 5.11. The van der Waals surface area contributed by atoms with Crippen LogP contribution < -0.4 is 15.0 Å². The number of hydrogen-bond donors (Lipinski definition) is 1. The Morgan fingerprint density at radius 2 is 2.07 bits per heavy atom. The van der Waals surface area contributed by atoms with Gasteiger partial charge in [0.05, 0.1) is 10.9 Å². The third-order valence-electron chi connectivity index (χ3n) is 4.58. The summed E-state index contributed by atoms with van der Waals surface area (Å²) in [6.07, 6.45) is 5.74. The molecule has 1 atom stereocenters. The fourth-order valence-corrected chi connectivity index (χ4v) is 3.94. The largest absolute Gasteiger partial charge is 0.491 e. The van der Waals surface area contributed by atoms with Crippen LogP contribution in [0, 0.1) is 0 Å². The number of thioether (sulfide) groups is 1.